The molecule has 294 valence electrons. The minimum Gasteiger partial charge on any atom is -0.460 e. The normalized spacial score (nSPS) is 23.1. The Labute approximate surface area is 307 Å². The Bertz CT molecular complexity index is 1440. The van der Waals surface area contributed by atoms with E-state index in [0.29, 0.717) is 5.92 Å². The van der Waals surface area contributed by atoms with Crippen molar-refractivity contribution in [2.45, 2.75) is 124 Å². The van der Waals surface area contributed by atoms with Crippen LogP contribution in [0.2, 0.25) is 0 Å². The number of allylic oxidation sites excluding steroid dienone is 4. The van der Waals surface area contributed by atoms with Gasteiger partial charge in [-0.05, 0) is 38.2 Å². The lowest BCUT2D eigenvalue weighted by atomic mass is 9.92. The molecule has 0 aromatic rings. The number of cyclic esters (lactones) is 1. The summed E-state index contributed by atoms with van der Waals surface area (Å²) in [7, 11) is -5.21. The van der Waals surface area contributed by atoms with Gasteiger partial charge in [0.15, 0.2) is 11.9 Å². The molecule has 1 aliphatic heterocycles. The summed E-state index contributed by atoms with van der Waals surface area (Å²) in [6, 6.07) is -1.75. The summed E-state index contributed by atoms with van der Waals surface area (Å²) in [4.78, 5) is 77.2. The Hall–Kier alpha value is -3.89. The number of carbonyl (C=O) groups excluding carboxylic acids is 6. The second-order valence-electron chi connectivity index (χ2n) is 13.8. The van der Waals surface area contributed by atoms with Crippen molar-refractivity contribution in [3.8, 4) is 0 Å². The summed E-state index contributed by atoms with van der Waals surface area (Å²) in [5.74, 6) is -7.19. The molecule has 1 saturated heterocycles. The molecule has 0 bridgehead atoms. The molecule has 6 N–H and O–H groups in total. The molecular formula is C36H58N4O11S. The molecule has 1 heterocycles. The molecular weight excluding hydrogens is 696 g/mol. The Balaban J connectivity index is 3.18. The number of hydrogen-bond acceptors (Lipinski definition) is 10. The van der Waals surface area contributed by atoms with Gasteiger partial charge >= 0.3 is 16.4 Å². The minimum atomic E-state index is -5.21. The first kappa shape index (κ1) is 46.1. The van der Waals surface area contributed by atoms with Crippen LogP contribution in [-0.2, 0) is 48.1 Å². The molecule has 0 aromatic heterocycles. The smallest absolute Gasteiger partial charge is 0.398 e. The predicted octanol–water partition coefficient (Wildman–Crippen LogP) is 3.35. The van der Waals surface area contributed by atoms with Crippen LogP contribution in [0.5, 0.6) is 0 Å². The summed E-state index contributed by atoms with van der Waals surface area (Å²) in [5.41, 5.74) is 5.87. The summed E-state index contributed by atoms with van der Waals surface area (Å²) in [5, 5.41) is 7.15. The highest BCUT2D eigenvalue weighted by Crippen LogP contribution is 2.22. The zero-order valence-corrected chi connectivity index (χ0v) is 32.1. The van der Waals surface area contributed by atoms with E-state index in [-0.39, 0.29) is 30.9 Å². The van der Waals surface area contributed by atoms with E-state index < -0.39 is 82.4 Å². The van der Waals surface area contributed by atoms with E-state index in [2.05, 4.69) is 46.6 Å². The van der Waals surface area contributed by atoms with E-state index in [0.717, 1.165) is 18.4 Å². The fourth-order valence-corrected chi connectivity index (χ4v) is 5.74. The second-order valence-corrected chi connectivity index (χ2v) is 14.8. The third-order valence-corrected chi connectivity index (χ3v) is 9.41. The fourth-order valence-electron chi connectivity index (χ4n) is 5.27. The van der Waals surface area contributed by atoms with Crippen molar-refractivity contribution < 1.29 is 50.7 Å². The van der Waals surface area contributed by atoms with Gasteiger partial charge in [-0.25, -0.2) is 8.98 Å². The third-order valence-electron chi connectivity index (χ3n) is 8.93. The number of ketones is 1. The van der Waals surface area contributed by atoms with Crippen LogP contribution < -0.4 is 21.7 Å². The van der Waals surface area contributed by atoms with E-state index in [1.54, 1.807) is 13.0 Å². The lowest BCUT2D eigenvalue weighted by Gasteiger charge is -2.29. The van der Waals surface area contributed by atoms with Crippen molar-refractivity contribution in [3.05, 3.63) is 36.1 Å². The van der Waals surface area contributed by atoms with Gasteiger partial charge in [-0.2, -0.15) is 8.42 Å². The number of nitrogens with one attached hydrogen (secondary N) is 3. The molecule has 16 heteroatoms. The topological polar surface area (TPSA) is 237 Å². The predicted molar refractivity (Wildman–Crippen MR) is 194 cm³/mol. The van der Waals surface area contributed by atoms with Gasteiger partial charge in [0.05, 0.1) is 17.5 Å². The second kappa shape index (κ2) is 22.9. The van der Waals surface area contributed by atoms with E-state index in [1.165, 1.54) is 52.0 Å². The monoisotopic (exact) mass is 754 g/mol. The van der Waals surface area contributed by atoms with Crippen molar-refractivity contribution >= 4 is 45.8 Å². The van der Waals surface area contributed by atoms with Crippen LogP contribution in [0.15, 0.2) is 36.1 Å². The van der Waals surface area contributed by atoms with Crippen molar-refractivity contribution in [2.24, 2.45) is 29.4 Å². The number of amides is 4. The van der Waals surface area contributed by atoms with Gasteiger partial charge in [0.2, 0.25) is 17.7 Å². The quantitative estimate of drug-likeness (QED) is 0.0421. The maximum Gasteiger partial charge on any atom is 0.398 e. The van der Waals surface area contributed by atoms with Crippen molar-refractivity contribution in [3.63, 3.8) is 0 Å². The van der Waals surface area contributed by atoms with Crippen molar-refractivity contribution in [2.75, 3.05) is 6.54 Å². The number of carbonyl (C=O) groups is 6. The molecule has 1 fully saturated rings. The van der Waals surface area contributed by atoms with Gasteiger partial charge < -0.3 is 26.4 Å². The molecule has 0 saturated carbocycles. The highest BCUT2D eigenvalue weighted by Gasteiger charge is 2.37. The molecule has 0 unspecified atom stereocenters. The molecule has 7 atom stereocenters. The number of unbranched alkanes of at least 4 members (excludes halogenated alkanes) is 4. The van der Waals surface area contributed by atoms with Crippen LogP contribution in [0.4, 0.5) is 0 Å². The number of primary amides is 1. The minimum absolute atomic E-state index is 0.0256. The third kappa shape index (κ3) is 18.0. The van der Waals surface area contributed by atoms with Gasteiger partial charge in [-0.15, -0.1) is 0 Å². The molecule has 15 nitrogen and oxygen atoms in total. The first-order valence-corrected chi connectivity index (χ1v) is 19.2. The summed E-state index contributed by atoms with van der Waals surface area (Å²) < 4.78 is 41.8. The Morgan fingerprint density at radius 2 is 1.71 bits per heavy atom. The summed E-state index contributed by atoms with van der Waals surface area (Å²) >= 11 is 0. The Morgan fingerprint density at radius 3 is 2.33 bits per heavy atom. The van der Waals surface area contributed by atoms with Gasteiger partial charge in [0.1, 0.15) is 12.1 Å². The number of nitrogens with two attached hydrogens (primary N) is 1. The molecule has 1 rings (SSSR count). The first-order valence-electron chi connectivity index (χ1n) is 17.9. The zero-order valence-electron chi connectivity index (χ0n) is 31.3. The summed E-state index contributed by atoms with van der Waals surface area (Å²) in [6.07, 6.45) is 9.49. The van der Waals surface area contributed by atoms with Crippen LogP contribution in [0.25, 0.3) is 0 Å². The van der Waals surface area contributed by atoms with E-state index in [4.69, 9.17) is 15.0 Å². The summed E-state index contributed by atoms with van der Waals surface area (Å²) in [6.45, 7) is 14.1. The zero-order chi connectivity index (χ0) is 39.6. The molecule has 4 amide bonds. The SMILES string of the molecule is C=C1NC(=O)[C@@H](C)[C@H](CC[C@@H](C)C(=O)/C=C/C(C)=C/C[C@H](C)CCCCCCC)OC(=O)[C@@H](C[C@H](OS(=O)(=O)O)C(N)=O)NC(=O)[C@@H](C)CNC1=O. The maximum absolute atomic E-state index is 13.5. The molecule has 52 heavy (non-hydrogen) atoms. The largest absolute Gasteiger partial charge is 0.460 e. The van der Waals surface area contributed by atoms with Crippen LogP contribution in [-0.4, -0.2) is 73.1 Å². The van der Waals surface area contributed by atoms with E-state index >= 15 is 0 Å². The average Bonchev–Trinajstić information content (AvgIpc) is 3.07. The Morgan fingerprint density at radius 1 is 1.06 bits per heavy atom. The number of hydrogen-bond donors (Lipinski definition) is 5. The molecule has 1 aliphatic rings. The lowest BCUT2D eigenvalue weighted by molar-refractivity contribution is -0.159. The van der Waals surface area contributed by atoms with Crippen LogP contribution in [0.1, 0.15) is 106 Å². The highest BCUT2D eigenvalue weighted by atomic mass is 32.3. The van der Waals surface area contributed by atoms with Crippen molar-refractivity contribution in [1.29, 1.82) is 0 Å². The van der Waals surface area contributed by atoms with Gasteiger partial charge in [0.25, 0.3) is 5.91 Å². The van der Waals surface area contributed by atoms with Gasteiger partial charge in [-0.3, -0.25) is 28.5 Å². The van der Waals surface area contributed by atoms with Gasteiger partial charge in [-0.1, -0.05) is 97.4 Å². The van der Waals surface area contributed by atoms with Crippen LogP contribution in [0, 0.1) is 23.7 Å². The molecule has 0 aromatic carbocycles. The van der Waals surface area contributed by atoms with E-state index in [9.17, 15) is 37.2 Å². The van der Waals surface area contributed by atoms with Crippen LogP contribution >= 0.6 is 0 Å². The lowest BCUT2D eigenvalue weighted by Crippen LogP contribution is -2.51. The van der Waals surface area contributed by atoms with E-state index in [1.807, 2.05) is 6.92 Å². The fraction of sp³-hybridized carbons (Fsp3) is 0.667. The number of esters is 1. The van der Waals surface area contributed by atoms with Gasteiger partial charge in [0, 0.05) is 18.9 Å². The Kier molecular flexibility index (Phi) is 20.3. The standard InChI is InChI=1S/C36H58N4O11S/c1-8-9-10-11-12-13-22(2)14-15-23(3)16-18-29(41)24(4)17-19-30-26(6)34(44)39-27(7)35(45)38-21-25(5)33(43)40-28(36(46)50-30)20-31(32(37)42)51-52(47,48)49/h15-16,18,22,24-26,28,30-31H,7-14,17,19-21H2,1-6H3,(H2,37,42)(H,38,45)(H,39,44)(H,40,43)(H,47,48,49)/b18-16+,23-15+/t22-,24-,25+,26+,28-,30+,31+/m1/s1. The van der Waals surface area contributed by atoms with Crippen LogP contribution in [0.3, 0.4) is 0 Å². The molecule has 0 radical (unpaired) electrons. The maximum atomic E-state index is 13.5. The number of rotatable bonds is 19. The first-order chi connectivity index (χ1) is 24.2. The average molecular weight is 755 g/mol. The molecule has 0 aliphatic carbocycles. The molecule has 0 spiro atoms. The number of ether oxygens (including phenoxy) is 1. The van der Waals surface area contributed by atoms with Crippen molar-refractivity contribution in [1.82, 2.24) is 16.0 Å². The highest BCUT2D eigenvalue weighted by molar-refractivity contribution is 7.80.